The average molecular weight is 559 g/mol. The lowest BCUT2D eigenvalue weighted by atomic mass is 10.1. The third kappa shape index (κ3) is 6.54. The van der Waals surface area contributed by atoms with Crippen molar-refractivity contribution in [3.05, 3.63) is 87.5 Å². The molecule has 0 radical (unpaired) electrons. The molecule has 1 fully saturated rings. The summed E-state index contributed by atoms with van der Waals surface area (Å²) in [6.07, 6.45) is -4.42. The molecule has 3 heterocycles. The van der Waals surface area contributed by atoms with Crippen molar-refractivity contribution in [3.63, 3.8) is 0 Å². The van der Waals surface area contributed by atoms with Crippen molar-refractivity contribution < 1.29 is 27.4 Å². The van der Waals surface area contributed by atoms with Gasteiger partial charge in [-0.15, -0.1) is 11.3 Å². The monoisotopic (exact) mass is 558 g/mol. The molecular formula is C28H29F3N4O3S. The summed E-state index contributed by atoms with van der Waals surface area (Å²) < 4.78 is 50.9. The van der Waals surface area contributed by atoms with Crippen LogP contribution in [0.2, 0.25) is 0 Å². The van der Waals surface area contributed by atoms with Gasteiger partial charge in [0, 0.05) is 50.3 Å². The van der Waals surface area contributed by atoms with Crippen LogP contribution in [0.5, 0.6) is 11.5 Å². The lowest BCUT2D eigenvalue weighted by molar-refractivity contribution is -0.137. The Kier molecular flexibility index (Phi) is 7.81. The van der Waals surface area contributed by atoms with Crippen molar-refractivity contribution in [1.82, 2.24) is 19.7 Å². The minimum absolute atomic E-state index is 0.112. The van der Waals surface area contributed by atoms with E-state index in [1.54, 1.807) is 16.3 Å². The quantitative estimate of drug-likeness (QED) is 0.370. The third-order valence-electron chi connectivity index (χ3n) is 6.74. The van der Waals surface area contributed by atoms with Crippen molar-refractivity contribution in [2.24, 2.45) is 0 Å². The van der Waals surface area contributed by atoms with Crippen LogP contribution in [0, 0.1) is 0 Å². The highest BCUT2D eigenvalue weighted by Gasteiger charge is 2.30. The van der Waals surface area contributed by atoms with Crippen LogP contribution in [-0.4, -0.2) is 58.6 Å². The number of amides is 1. The number of carbonyl (C=O) groups excluding carboxylic acids is 1. The van der Waals surface area contributed by atoms with Crippen molar-refractivity contribution in [2.45, 2.75) is 32.7 Å². The highest BCUT2D eigenvalue weighted by Crippen LogP contribution is 2.34. The molecule has 0 bridgehead atoms. The van der Waals surface area contributed by atoms with Gasteiger partial charge in [0.25, 0.3) is 5.91 Å². The van der Waals surface area contributed by atoms with Gasteiger partial charge in [-0.2, -0.15) is 13.2 Å². The summed E-state index contributed by atoms with van der Waals surface area (Å²) in [5.74, 6) is 1.19. The second-order valence-corrected chi connectivity index (χ2v) is 10.6. The maximum atomic E-state index is 13.3. The maximum absolute atomic E-state index is 13.3. The van der Waals surface area contributed by atoms with Gasteiger partial charge < -0.3 is 19.3 Å². The molecule has 11 heteroatoms. The highest BCUT2D eigenvalue weighted by molar-refractivity contribution is 7.09. The normalized spacial score (nSPS) is 15.2. The first-order chi connectivity index (χ1) is 18.7. The molecule has 0 N–H and O–H groups in total. The Morgan fingerprint density at radius 3 is 2.41 bits per heavy atom. The summed E-state index contributed by atoms with van der Waals surface area (Å²) >= 11 is 1.37. The van der Waals surface area contributed by atoms with E-state index in [9.17, 15) is 18.0 Å². The maximum Gasteiger partial charge on any atom is 0.416 e. The first kappa shape index (κ1) is 27.0. The van der Waals surface area contributed by atoms with Crippen LogP contribution >= 0.6 is 11.3 Å². The molecule has 3 aromatic rings. The summed E-state index contributed by atoms with van der Waals surface area (Å²) in [4.78, 5) is 23.6. The molecule has 2 aliphatic heterocycles. The lowest BCUT2D eigenvalue weighted by Crippen LogP contribution is -2.47. The summed E-state index contributed by atoms with van der Waals surface area (Å²) in [6.45, 7) is 9.83. The topological polar surface area (TPSA) is 58.1 Å². The van der Waals surface area contributed by atoms with Gasteiger partial charge in [0.15, 0.2) is 11.5 Å². The molecule has 1 amide bonds. The van der Waals surface area contributed by atoms with E-state index >= 15 is 0 Å². The number of allylic oxidation sites excluding steroid dienone is 1. The fourth-order valence-electron chi connectivity index (χ4n) is 4.70. The number of fused-ring (bicyclic) bond motifs is 1. The number of piperazine rings is 1. The molecule has 206 valence electrons. The van der Waals surface area contributed by atoms with E-state index in [-0.39, 0.29) is 19.2 Å². The van der Waals surface area contributed by atoms with E-state index in [0.717, 1.165) is 30.4 Å². The van der Waals surface area contributed by atoms with Crippen molar-refractivity contribution in [2.75, 3.05) is 33.0 Å². The molecule has 39 heavy (non-hydrogen) atoms. The fourth-order valence-corrected chi connectivity index (χ4v) is 5.51. The van der Waals surface area contributed by atoms with Crippen LogP contribution in [0.4, 0.5) is 13.2 Å². The Balaban J connectivity index is 1.32. The summed E-state index contributed by atoms with van der Waals surface area (Å²) in [5, 5.41) is 2.47. The molecule has 1 aromatic heterocycles. The van der Waals surface area contributed by atoms with Crippen LogP contribution < -0.4 is 9.47 Å². The Hall–Kier alpha value is -3.57. The first-order valence-electron chi connectivity index (χ1n) is 12.6. The smallest absolute Gasteiger partial charge is 0.416 e. The second-order valence-electron chi connectivity index (χ2n) is 9.67. The zero-order valence-corrected chi connectivity index (χ0v) is 22.4. The fraction of sp³-hybridized carbons (Fsp3) is 0.357. The molecule has 2 aromatic carbocycles. The number of benzene rings is 2. The average Bonchev–Trinajstić information content (AvgIpc) is 3.57. The molecule has 5 rings (SSSR count). The van der Waals surface area contributed by atoms with Gasteiger partial charge in [0.05, 0.1) is 12.1 Å². The van der Waals surface area contributed by atoms with E-state index in [1.807, 2.05) is 30.0 Å². The van der Waals surface area contributed by atoms with Crippen LogP contribution in [0.1, 0.15) is 39.1 Å². The summed E-state index contributed by atoms with van der Waals surface area (Å²) in [6, 6.07) is 11.0. The first-order valence-corrected chi connectivity index (χ1v) is 13.4. The standard InChI is InChI=1S/C28H29F3N4O3S/c1-19(2)34-8-10-35(11-9-34)27(36)23-17-39-26(32-23)16-33(14-20-4-3-5-22(12-20)28(29,30)31)15-21-6-7-24-25(13-21)38-18-37-24/h3-7,12-13,17H,1,8-11,14-16,18H2,2H3. The van der Waals surface area contributed by atoms with Gasteiger partial charge >= 0.3 is 6.18 Å². The van der Waals surface area contributed by atoms with Crippen molar-refractivity contribution in [3.8, 4) is 11.5 Å². The Labute approximate surface area is 229 Å². The summed E-state index contributed by atoms with van der Waals surface area (Å²) in [7, 11) is 0. The van der Waals surface area contributed by atoms with Gasteiger partial charge in [-0.1, -0.05) is 30.8 Å². The summed E-state index contributed by atoms with van der Waals surface area (Å²) in [5.41, 5.74) is 2.16. The van der Waals surface area contributed by atoms with E-state index < -0.39 is 11.7 Å². The van der Waals surface area contributed by atoms with Gasteiger partial charge in [-0.05, 0) is 36.2 Å². The Bertz CT molecular complexity index is 1350. The van der Waals surface area contributed by atoms with Crippen LogP contribution in [0.3, 0.4) is 0 Å². The molecule has 0 spiro atoms. The molecular weight excluding hydrogens is 529 g/mol. The third-order valence-corrected chi connectivity index (χ3v) is 7.57. The number of hydrogen-bond acceptors (Lipinski definition) is 7. The van der Waals surface area contributed by atoms with Crippen LogP contribution in [0.15, 0.2) is 60.1 Å². The van der Waals surface area contributed by atoms with Gasteiger partial charge in [-0.3, -0.25) is 9.69 Å². The zero-order chi connectivity index (χ0) is 27.6. The minimum atomic E-state index is -4.42. The molecule has 1 saturated heterocycles. The number of aromatic nitrogens is 1. The van der Waals surface area contributed by atoms with E-state index in [4.69, 9.17) is 9.47 Å². The van der Waals surface area contributed by atoms with Crippen LogP contribution in [-0.2, 0) is 25.8 Å². The number of nitrogens with zero attached hydrogens (tertiary/aromatic N) is 4. The molecule has 0 aliphatic carbocycles. The van der Waals surface area contributed by atoms with Gasteiger partial charge in [0.2, 0.25) is 6.79 Å². The van der Waals surface area contributed by atoms with Crippen LogP contribution in [0.25, 0.3) is 0 Å². The van der Waals surface area contributed by atoms with Crippen molar-refractivity contribution in [1.29, 1.82) is 0 Å². The number of rotatable bonds is 8. The Morgan fingerprint density at radius 1 is 1.00 bits per heavy atom. The predicted octanol–water partition coefficient (Wildman–Crippen LogP) is 5.38. The van der Waals surface area contributed by atoms with E-state index in [2.05, 4.69) is 16.5 Å². The number of hydrogen-bond donors (Lipinski definition) is 0. The number of ether oxygens (including phenoxy) is 2. The lowest BCUT2D eigenvalue weighted by Gasteiger charge is -2.35. The molecule has 0 atom stereocenters. The number of thiazole rings is 1. The number of halogens is 3. The molecule has 0 unspecified atom stereocenters. The zero-order valence-electron chi connectivity index (χ0n) is 21.5. The van der Waals surface area contributed by atoms with Crippen molar-refractivity contribution >= 4 is 17.2 Å². The van der Waals surface area contributed by atoms with Gasteiger partial charge in [-0.25, -0.2) is 4.98 Å². The largest absolute Gasteiger partial charge is 0.454 e. The number of alkyl halides is 3. The highest BCUT2D eigenvalue weighted by atomic mass is 32.1. The minimum Gasteiger partial charge on any atom is -0.454 e. The van der Waals surface area contributed by atoms with E-state index in [0.29, 0.717) is 53.9 Å². The van der Waals surface area contributed by atoms with E-state index in [1.165, 1.54) is 23.5 Å². The molecule has 0 saturated carbocycles. The van der Waals surface area contributed by atoms with Gasteiger partial charge in [0.1, 0.15) is 10.7 Å². The Morgan fingerprint density at radius 2 is 1.69 bits per heavy atom. The second kappa shape index (κ2) is 11.3. The molecule has 7 nitrogen and oxygen atoms in total. The number of carbonyl (C=O) groups is 1. The predicted molar refractivity (Wildman–Crippen MR) is 141 cm³/mol. The molecule has 2 aliphatic rings. The SMILES string of the molecule is C=C(C)N1CCN(C(=O)c2csc(CN(Cc3cccc(C(F)(F)F)c3)Cc3ccc4c(c3)OCO4)n2)CC1.